The predicted octanol–water partition coefficient (Wildman–Crippen LogP) is 35.3. The van der Waals surface area contributed by atoms with E-state index in [2.05, 4.69) is 484 Å². The highest BCUT2D eigenvalue weighted by molar-refractivity contribution is 6.28. The van der Waals surface area contributed by atoms with Crippen LogP contribution in [0, 0.1) is 27.7 Å². The lowest BCUT2D eigenvalue weighted by atomic mass is 9.85. The summed E-state index contributed by atoms with van der Waals surface area (Å²) >= 11 is 0. The predicted molar refractivity (Wildman–Crippen MR) is 542 cm³/mol. The van der Waals surface area contributed by atoms with Crippen molar-refractivity contribution in [2.24, 2.45) is 0 Å². The first-order valence-electron chi connectivity index (χ1n) is 44.2. The fraction of sp³-hybridized carbons (Fsp3) is 0.0328. The van der Waals surface area contributed by atoms with Crippen LogP contribution in [0.15, 0.2) is 441 Å². The van der Waals surface area contributed by atoms with Gasteiger partial charge in [0.15, 0.2) is 0 Å². The second-order valence-electron chi connectivity index (χ2n) is 34.2. The van der Waals surface area contributed by atoms with E-state index in [1.807, 2.05) is 0 Å². The first-order chi connectivity index (χ1) is 63.6. The standard InChI is InChI=1S/C62H42N2O2.C60H42N2O/c1-39-23-27-48-52(41-24-28-49-50-29-25-46(35-59(50)65-58(49)34-41)63(42-15-7-3-8-16-42)43-17-9-4-10-18-43)37-55-54(53(48)31-39)38-57-51-30-26-47(36-60(51)66-61-33-40(2)32-56(55)62(57)61)64(44-19-11-5-12-20-44)45-21-13-6-14-22-45;1-39-23-29-50-52(43-25-24-42-35-48(27-26-41(42)34-43)61(44-15-7-3-8-16-44)45-17-9-4-10-18-45)37-55-54(53(50)31-39)38-57-51-30-28-49(36-58(51)63-59-33-40(2)32-56(55)60(57)59)62(46-19-11-5-12-20-46)47-21-13-6-14-22-47/h3-38H,1-2H3;3-38H,1-2H3. The summed E-state index contributed by atoms with van der Waals surface area (Å²) in [6, 6.07) is 157. The highest BCUT2D eigenvalue weighted by atomic mass is 16.5. The highest BCUT2D eigenvalue weighted by Gasteiger charge is 2.30. The molecule has 129 heavy (non-hydrogen) atoms. The Morgan fingerprint density at radius 1 is 0.163 bits per heavy atom. The first kappa shape index (κ1) is 76.0. The lowest BCUT2D eigenvalue weighted by molar-refractivity contribution is 0.486. The van der Waals surface area contributed by atoms with Crippen LogP contribution in [0.5, 0.6) is 23.0 Å². The van der Waals surface area contributed by atoms with Gasteiger partial charge >= 0.3 is 0 Å². The largest absolute Gasteiger partial charge is 0.456 e. The van der Waals surface area contributed by atoms with Gasteiger partial charge in [0.1, 0.15) is 34.2 Å². The zero-order chi connectivity index (χ0) is 85.9. The maximum Gasteiger partial charge on any atom is 0.137 e. The van der Waals surface area contributed by atoms with E-state index >= 15 is 0 Å². The smallest absolute Gasteiger partial charge is 0.137 e. The quantitative estimate of drug-likeness (QED) is 0.101. The van der Waals surface area contributed by atoms with Crippen molar-refractivity contribution in [3.05, 3.63) is 459 Å². The fourth-order valence-electron chi connectivity index (χ4n) is 20.0. The molecular weight excluding hydrogens is 1570 g/mol. The van der Waals surface area contributed by atoms with Crippen LogP contribution in [0.4, 0.5) is 68.2 Å². The topological polar surface area (TPSA) is 44.6 Å². The van der Waals surface area contributed by atoms with Gasteiger partial charge in [-0.05, 0) is 337 Å². The molecule has 22 aromatic carbocycles. The Labute approximate surface area is 748 Å². The molecule has 0 fully saturated rings. The first-order valence-corrected chi connectivity index (χ1v) is 44.2. The Balaban J connectivity index is 0.000000143. The van der Waals surface area contributed by atoms with Crippen LogP contribution >= 0.6 is 0 Å². The molecule has 2 aliphatic heterocycles. The number of furan rings is 1. The van der Waals surface area contributed by atoms with Gasteiger partial charge in [-0.1, -0.05) is 230 Å². The molecular formula is C122H84N4O3. The number of aryl methyl sites for hydroxylation is 4. The minimum Gasteiger partial charge on any atom is -0.456 e. The van der Waals surface area contributed by atoms with E-state index in [4.69, 9.17) is 13.9 Å². The SMILES string of the molecule is Cc1ccc2c(-c3ccc4c(c3)oc3cc(N(c5ccccc5)c5ccccc5)ccc34)cc3c4cc(C)cc5c4c(cc3c2c1)-c1ccc(N(c2ccccc2)c2ccccc2)cc1O5.Cc1ccc2c(-c3ccc4cc(N(c5ccccc5)c5ccccc5)ccc4c3)cc3c4cc(C)cc5c4c(cc3c2c1)-c1ccc(N(c2ccccc2)c2ccccc2)cc1O5. The van der Waals surface area contributed by atoms with Gasteiger partial charge in [0.2, 0.25) is 0 Å². The normalized spacial score (nSPS) is 11.8. The van der Waals surface area contributed by atoms with Crippen molar-refractivity contribution in [2.45, 2.75) is 27.7 Å². The van der Waals surface area contributed by atoms with Gasteiger partial charge in [-0.15, -0.1) is 0 Å². The third-order valence-electron chi connectivity index (χ3n) is 25.9. The van der Waals surface area contributed by atoms with Crippen molar-refractivity contribution >= 4 is 166 Å². The van der Waals surface area contributed by atoms with Crippen molar-refractivity contribution in [3.8, 4) is 67.5 Å². The monoisotopic (exact) mass is 1650 g/mol. The van der Waals surface area contributed by atoms with Crippen LogP contribution in [-0.2, 0) is 0 Å². The number of benzene rings is 22. The number of nitrogens with zero attached hydrogens (tertiary/aromatic N) is 4. The Morgan fingerprint density at radius 2 is 0.450 bits per heavy atom. The number of rotatable bonds is 14. The Bertz CT molecular complexity index is 8240. The van der Waals surface area contributed by atoms with Crippen LogP contribution in [-0.4, -0.2) is 0 Å². The van der Waals surface area contributed by atoms with Gasteiger partial charge in [0.25, 0.3) is 0 Å². The molecule has 7 nitrogen and oxygen atoms in total. The summed E-state index contributed by atoms with van der Waals surface area (Å²) in [5, 5.41) is 19.1. The van der Waals surface area contributed by atoms with Crippen LogP contribution < -0.4 is 29.1 Å². The van der Waals surface area contributed by atoms with Crippen LogP contribution in [0.1, 0.15) is 22.3 Å². The zero-order valence-corrected chi connectivity index (χ0v) is 71.6. The summed E-state index contributed by atoms with van der Waals surface area (Å²) in [6.45, 7) is 8.73. The molecule has 23 aromatic rings. The van der Waals surface area contributed by atoms with E-state index in [0.717, 1.165) is 146 Å². The number of anilines is 12. The van der Waals surface area contributed by atoms with Crippen molar-refractivity contribution < 1.29 is 13.9 Å². The summed E-state index contributed by atoms with van der Waals surface area (Å²) < 4.78 is 20.7. The molecule has 0 saturated carbocycles. The van der Waals surface area contributed by atoms with Gasteiger partial charge in [0, 0.05) is 119 Å². The van der Waals surface area contributed by atoms with Gasteiger partial charge in [0.05, 0.1) is 0 Å². The molecule has 1 aromatic heterocycles. The van der Waals surface area contributed by atoms with Crippen molar-refractivity contribution in [1.82, 2.24) is 0 Å². The van der Waals surface area contributed by atoms with Crippen LogP contribution in [0.25, 0.3) is 142 Å². The second kappa shape index (κ2) is 31.2. The number of para-hydroxylation sites is 8. The third kappa shape index (κ3) is 13.4. The summed E-state index contributed by atoms with van der Waals surface area (Å²) in [7, 11) is 0. The lowest BCUT2D eigenvalue weighted by Crippen LogP contribution is -2.10. The molecule has 0 N–H and O–H groups in total. The molecule has 2 aliphatic rings. The Kier molecular flexibility index (Phi) is 18.4. The average Bonchev–Trinajstić information content (AvgIpc) is 1.23. The second-order valence-corrected chi connectivity index (χ2v) is 34.2. The van der Waals surface area contributed by atoms with Crippen LogP contribution in [0.3, 0.4) is 0 Å². The van der Waals surface area contributed by atoms with Gasteiger partial charge in [-0.2, -0.15) is 0 Å². The molecule has 3 heterocycles. The molecule has 610 valence electrons. The molecule has 0 unspecified atom stereocenters. The fourth-order valence-corrected chi connectivity index (χ4v) is 20.0. The summed E-state index contributed by atoms with van der Waals surface area (Å²) in [5.74, 6) is 3.48. The summed E-state index contributed by atoms with van der Waals surface area (Å²) in [6.07, 6.45) is 0. The number of hydrogen-bond acceptors (Lipinski definition) is 7. The minimum absolute atomic E-state index is 0.847. The van der Waals surface area contributed by atoms with Crippen molar-refractivity contribution in [2.75, 3.05) is 19.6 Å². The van der Waals surface area contributed by atoms with E-state index in [1.165, 1.54) is 109 Å². The van der Waals surface area contributed by atoms with Crippen molar-refractivity contribution in [3.63, 3.8) is 0 Å². The number of fused-ring (bicyclic) bond motifs is 16. The molecule has 0 saturated heterocycles. The van der Waals surface area contributed by atoms with Gasteiger partial charge < -0.3 is 33.5 Å². The number of ether oxygens (including phenoxy) is 2. The van der Waals surface area contributed by atoms with Gasteiger partial charge in [-0.3, -0.25) is 0 Å². The Morgan fingerprint density at radius 3 is 0.853 bits per heavy atom. The molecule has 0 amide bonds. The summed E-state index contributed by atoms with van der Waals surface area (Å²) in [5.41, 5.74) is 28.8. The van der Waals surface area contributed by atoms with Gasteiger partial charge in [-0.25, -0.2) is 0 Å². The van der Waals surface area contributed by atoms with Crippen LogP contribution in [0.2, 0.25) is 0 Å². The van der Waals surface area contributed by atoms with Crippen molar-refractivity contribution in [1.29, 1.82) is 0 Å². The lowest BCUT2D eigenvalue weighted by Gasteiger charge is -2.28. The third-order valence-corrected chi connectivity index (χ3v) is 25.9. The van der Waals surface area contributed by atoms with E-state index in [-0.39, 0.29) is 0 Å². The molecule has 0 atom stereocenters. The zero-order valence-electron chi connectivity index (χ0n) is 71.6. The molecule has 7 heteroatoms. The molecule has 0 aliphatic carbocycles. The number of hydrogen-bond donors (Lipinski definition) is 0. The summed E-state index contributed by atoms with van der Waals surface area (Å²) in [4.78, 5) is 9.17. The average molecular weight is 1650 g/mol. The van der Waals surface area contributed by atoms with E-state index in [1.54, 1.807) is 0 Å². The van der Waals surface area contributed by atoms with E-state index < -0.39 is 0 Å². The molecule has 0 radical (unpaired) electrons. The maximum absolute atomic E-state index is 6.97. The molecule has 0 spiro atoms. The molecule has 0 bridgehead atoms. The van der Waals surface area contributed by atoms with E-state index in [0.29, 0.717) is 0 Å². The molecule has 25 rings (SSSR count). The highest BCUT2D eigenvalue weighted by Crippen LogP contribution is 2.56. The Hall–Kier alpha value is -16.7. The minimum atomic E-state index is 0.847. The van der Waals surface area contributed by atoms with E-state index in [9.17, 15) is 0 Å². The maximum atomic E-state index is 6.97.